The molecule has 24 heavy (non-hydrogen) atoms. The smallest absolute Gasteiger partial charge is 0.228 e. The van der Waals surface area contributed by atoms with Crippen LogP contribution in [-0.4, -0.2) is 52.0 Å². The quantitative estimate of drug-likeness (QED) is 0.838. The number of carbonyl (C=O) groups is 1. The topological polar surface area (TPSA) is 71.5 Å². The number of hydrogen-bond donors (Lipinski definition) is 0. The highest BCUT2D eigenvalue weighted by Crippen LogP contribution is 2.32. The van der Waals surface area contributed by atoms with Gasteiger partial charge in [0.15, 0.2) is 0 Å². The molecule has 3 fully saturated rings. The molecule has 2 aromatic heterocycles. The van der Waals surface area contributed by atoms with Crippen molar-refractivity contribution < 1.29 is 9.53 Å². The Morgan fingerprint density at radius 1 is 1.29 bits per heavy atom. The molecule has 0 aliphatic carbocycles. The van der Waals surface area contributed by atoms with Crippen molar-refractivity contribution in [1.82, 2.24) is 19.9 Å². The monoisotopic (exact) mass is 345 g/mol. The Bertz CT molecular complexity index is 723. The van der Waals surface area contributed by atoms with Crippen molar-refractivity contribution in [3.05, 3.63) is 29.0 Å². The molecular weight excluding hydrogens is 326 g/mol. The number of hydrogen-bond acceptors (Lipinski definition) is 7. The van der Waals surface area contributed by atoms with Crippen LogP contribution >= 0.6 is 11.3 Å². The number of aromatic nitrogens is 3. The van der Waals surface area contributed by atoms with Gasteiger partial charge in [-0.3, -0.25) is 4.79 Å². The molecule has 3 aliphatic rings. The largest absolute Gasteiger partial charge is 0.481 e. The molecule has 5 heterocycles. The van der Waals surface area contributed by atoms with E-state index in [1.54, 1.807) is 18.4 Å². The second-order valence-corrected chi connectivity index (χ2v) is 6.92. The van der Waals surface area contributed by atoms with Crippen LogP contribution in [0, 0.1) is 5.92 Å². The zero-order valence-corrected chi connectivity index (χ0v) is 14.3. The van der Waals surface area contributed by atoms with Gasteiger partial charge in [-0.1, -0.05) is 0 Å². The lowest BCUT2D eigenvalue weighted by Crippen LogP contribution is -2.47. The van der Waals surface area contributed by atoms with Crippen LogP contribution in [0.4, 0.5) is 5.82 Å². The summed E-state index contributed by atoms with van der Waals surface area (Å²) in [6.45, 7) is 2.08. The Balaban J connectivity index is 1.58. The van der Waals surface area contributed by atoms with Gasteiger partial charge in [0.2, 0.25) is 11.8 Å². The van der Waals surface area contributed by atoms with Crippen molar-refractivity contribution in [2.24, 2.45) is 5.92 Å². The van der Waals surface area contributed by atoms with E-state index in [2.05, 4.69) is 19.9 Å². The molecule has 0 unspecified atom stereocenters. The number of nitrogens with zero attached hydrogens (tertiary/aromatic N) is 5. The summed E-state index contributed by atoms with van der Waals surface area (Å²) in [6, 6.07) is 2.03. The molecule has 8 heteroatoms. The van der Waals surface area contributed by atoms with Crippen LogP contribution in [0.2, 0.25) is 0 Å². The highest BCUT2D eigenvalue weighted by atomic mass is 32.1. The average Bonchev–Trinajstić information content (AvgIpc) is 2.98. The normalized spacial score (nSPS) is 23.5. The highest BCUT2D eigenvalue weighted by molar-refractivity contribution is 7.07. The molecule has 0 N–H and O–H groups in total. The number of piperidine rings is 1. The van der Waals surface area contributed by atoms with Gasteiger partial charge in [0.05, 0.1) is 30.8 Å². The molecule has 5 rings (SSSR count). The third kappa shape index (κ3) is 2.82. The third-order valence-electron chi connectivity index (χ3n) is 4.77. The Hall–Kier alpha value is -2.22. The van der Waals surface area contributed by atoms with E-state index in [1.807, 2.05) is 21.9 Å². The minimum atomic E-state index is 0.0170. The maximum absolute atomic E-state index is 12.9. The molecule has 2 bridgehead atoms. The Kier molecular flexibility index (Phi) is 4.05. The minimum Gasteiger partial charge on any atom is -0.481 e. The first-order valence-corrected chi connectivity index (χ1v) is 8.97. The van der Waals surface area contributed by atoms with Crippen LogP contribution in [0.3, 0.4) is 0 Å². The van der Waals surface area contributed by atoms with Gasteiger partial charge >= 0.3 is 0 Å². The standard InChI is InChI=1S/C16H19N5O2S/c1-23-15-4-14(17-9-18-15)20-5-11-2-3-13(7-20)21(16(11)22)6-12-8-24-10-19-12/h4,8-11,13H,2-3,5-7H2,1H3/t11-,13+/m1/s1. The molecule has 3 saturated heterocycles. The number of ether oxygens (including phenoxy) is 1. The lowest BCUT2D eigenvalue weighted by Gasteiger charge is -2.35. The van der Waals surface area contributed by atoms with Gasteiger partial charge in [-0.25, -0.2) is 15.0 Å². The van der Waals surface area contributed by atoms with Gasteiger partial charge in [-0.2, -0.15) is 0 Å². The van der Waals surface area contributed by atoms with Gasteiger partial charge in [0.25, 0.3) is 0 Å². The van der Waals surface area contributed by atoms with Crippen LogP contribution in [0.1, 0.15) is 18.5 Å². The van der Waals surface area contributed by atoms with Gasteiger partial charge in [-0.15, -0.1) is 11.3 Å². The van der Waals surface area contributed by atoms with E-state index in [0.717, 1.165) is 30.9 Å². The van der Waals surface area contributed by atoms with Crippen LogP contribution in [0.25, 0.3) is 0 Å². The number of carbonyl (C=O) groups excluding carboxylic acids is 1. The zero-order valence-electron chi connectivity index (χ0n) is 13.5. The summed E-state index contributed by atoms with van der Waals surface area (Å²) < 4.78 is 5.20. The Morgan fingerprint density at radius 3 is 3.00 bits per heavy atom. The molecule has 0 spiro atoms. The van der Waals surface area contributed by atoms with Crippen molar-refractivity contribution in [2.45, 2.75) is 25.4 Å². The predicted molar refractivity (Wildman–Crippen MR) is 90.0 cm³/mol. The van der Waals surface area contributed by atoms with Crippen molar-refractivity contribution in [3.8, 4) is 5.88 Å². The van der Waals surface area contributed by atoms with Gasteiger partial charge < -0.3 is 14.5 Å². The predicted octanol–water partition coefficient (Wildman–Crippen LogP) is 1.57. The fourth-order valence-corrected chi connectivity index (χ4v) is 4.09. The Morgan fingerprint density at radius 2 is 2.21 bits per heavy atom. The van der Waals surface area contributed by atoms with Crippen LogP contribution in [0.15, 0.2) is 23.3 Å². The first-order chi connectivity index (χ1) is 11.7. The summed E-state index contributed by atoms with van der Waals surface area (Å²) in [7, 11) is 1.59. The molecular formula is C16H19N5O2S. The van der Waals surface area contributed by atoms with Crippen molar-refractivity contribution in [2.75, 3.05) is 25.1 Å². The number of amides is 1. The van der Waals surface area contributed by atoms with Gasteiger partial charge in [0, 0.05) is 30.6 Å². The summed E-state index contributed by atoms with van der Waals surface area (Å²) in [6.07, 6.45) is 3.48. The SMILES string of the molecule is COc1cc(N2C[C@H]3CC[C@@H](C2)N(Cc2cscn2)C3=O)ncn1. The fraction of sp³-hybridized carbons (Fsp3) is 0.500. The molecule has 7 nitrogen and oxygen atoms in total. The van der Waals surface area contributed by atoms with Gasteiger partial charge in [0.1, 0.15) is 12.1 Å². The maximum atomic E-state index is 12.9. The fourth-order valence-electron chi connectivity index (χ4n) is 3.54. The van der Waals surface area contributed by atoms with Gasteiger partial charge in [-0.05, 0) is 12.8 Å². The second kappa shape index (κ2) is 6.35. The number of anilines is 1. The number of methoxy groups -OCH3 is 1. The van der Waals surface area contributed by atoms with Crippen molar-refractivity contribution in [3.63, 3.8) is 0 Å². The first-order valence-electron chi connectivity index (χ1n) is 8.03. The summed E-state index contributed by atoms with van der Waals surface area (Å²) in [5.74, 6) is 1.62. The van der Waals surface area contributed by atoms with E-state index in [1.165, 1.54) is 6.33 Å². The number of thiazole rings is 1. The van der Waals surface area contributed by atoms with E-state index in [0.29, 0.717) is 19.0 Å². The summed E-state index contributed by atoms with van der Waals surface area (Å²) in [5.41, 5.74) is 2.78. The highest BCUT2D eigenvalue weighted by Gasteiger charge is 2.41. The van der Waals surface area contributed by atoms with E-state index in [4.69, 9.17) is 4.74 Å². The maximum Gasteiger partial charge on any atom is 0.228 e. The molecule has 126 valence electrons. The second-order valence-electron chi connectivity index (χ2n) is 6.20. The molecule has 0 aromatic carbocycles. The molecule has 1 amide bonds. The van der Waals surface area contributed by atoms with Crippen molar-refractivity contribution in [1.29, 1.82) is 0 Å². The minimum absolute atomic E-state index is 0.0170. The van der Waals surface area contributed by atoms with E-state index >= 15 is 0 Å². The average molecular weight is 345 g/mol. The third-order valence-corrected chi connectivity index (χ3v) is 5.41. The summed E-state index contributed by atoms with van der Waals surface area (Å²) in [4.78, 5) is 29.8. The number of rotatable bonds is 4. The lowest BCUT2D eigenvalue weighted by molar-refractivity contribution is -0.140. The van der Waals surface area contributed by atoms with E-state index in [-0.39, 0.29) is 17.9 Å². The molecule has 3 aliphatic heterocycles. The molecule has 0 radical (unpaired) electrons. The zero-order chi connectivity index (χ0) is 16.5. The summed E-state index contributed by atoms with van der Waals surface area (Å²) >= 11 is 1.57. The van der Waals surface area contributed by atoms with Crippen LogP contribution < -0.4 is 9.64 Å². The molecule has 0 saturated carbocycles. The number of fused-ring (bicyclic) bond motifs is 4. The molecule has 2 atom stereocenters. The van der Waals surface area contributed by atoms with Crippen LogP contribution in [-0.2, 0) is 11.3 Å². The van der Waals surface area contributed by atoms with Crippen molar-refractivity contribution >= 4 is 23.1 Å². The lowest BCUT2D eigenvalue weighted by atomic mass is 9.94. The Labute approximate surface area is 144 Å². The van der Waals surface area contributed by atoms with E-state index < -0.39 is 0 Å². The first kappa shape index (κ1) is 15.3. The van der Waals surface area contributed by atoms with E-state index in [9.17, 15) is 4.79 Å². The molecule has 2 aromatic rings. The van der Waals surface area contributed by atoms with Crippen LogP contribution in [0.5, 0.6) is 5.88 Å². The summed E-state index contributed by atoms with van der Waals surface area (Å²) in [5, 5.41) is 2.01.